The van der Waals surface area contributed by atoms with Crippen molar-refractivity contribution in [3.8, 4) is 11.6 Å². The Morgan fingerprint density at radius 2 is 1.79 bits per heavy atom. The number of aromatic nitrogens is 1. The summed E-state index contributed by atoms with van der Waals surface area (Å²) in [5.41, 5.74) is 2.19. The lowest BCUT2D eigenvalue weighted by atomic mass is 10.2. The van der Waals surface area contributed by atoms with Crippen LogP contribution in [0.3, 0.4) is 0 Å². The summed E-state index contributed by atoms with van der Waals surface area (Å²) in [6, 6.07) is 22.0. The zero-order chi connectivity index (χ0) is 20.2. The lowest BCUT2D eigenvalue weighted by Gasteiger charge is -2.09. The Morgan fingerprint density at radius 3 is 2.62 bits per heavy atom. The predicted octanol–water partition coefficient (Wildman–Crippen LogP) is 6.14. The van der Waals surface area contributed by atoms with Gasteiger partial charge in [0.05, 0.1) is 11.1 Å². The summed E-state index contributed by atoms with van der Waals surface area (Å²) >= 11 is 3.39. The molecule has 6 nitrogen and oxygen atoms in total. The van der Waals surface area contributed by atoms with Gasteiger partial charge in [-0.25, -0.2) is 0 Å². The van der Waals surface area contributed by atoms with Crippen molar-refractivity contribution in [2.24, 2.45) is 10.2 Å². The molecule has 0 aliphatic heterocycles. The number of benzene rings is 3. The highest BCUT2D eigenvalue weighted by atomic mass is 79.9. The van der Waals surface area contributed by atoms with Gasteiger partial charge in [-0.05, 0) is 35.9 Å². The maximum absolute atomic E-state index is 12.6. The highest BCUT2D eigenvalue weighted by Gasteiger charge is 2.14. The number of halogens is 1. The molecule has 2 N–H and O–H groups in total. The molecule has 0 bridgehead atoms. The monoisotopic (exact) mass is 449 g/mol. The van der Waals surface area contributed by atoms with E-state index >= 15 is 0 Å². The van der Waals surface area contributed by atoms with Crippen LogP contribution >= 0.6 is 15.9 Å². The smallest absolute Gasteiger partial charge is 0.299 e. The van der Waals surface area contributed by atoms with E-state index in [0.29, 0.717) is 28.8 Å². The number of hydrogen-bond donors (Lipinski definition) is 2. The van der Waals surface area contributed by atoms with Gasteiger partial charge in [0.25, 0.3) is 5.91 Å². The quantitative estimate of drug-likeness (QED) is 0.358. The van der Waals surface area contributed by atoms with E-state index in [-0.39, 0.29) is 11.6 Å². The molecule has 0 radical (unpaired) electrons. The van der Waals surface area contributed by atoms with Crippen molar-refractivity contribution in [1.82, 2.24) is 4.98 Å². The molecule has 144 valence electrons. The lowest BCUT2D eigenvalue weighted by Crippen LogP contribution is -2.02. The number of nitrogens with one attached hydrogen (secondary N) is 1. The molecule has 0 aliphatic rings. The van der Waals surface area contributed by atoms with Gasteiger partial charge in [0.2, 0.25) is 5.88 Å². The van der Waals surface area contributed by atoms with Crippen LogP contribution in [0.25, 0.3) is 10.9 Å². The largest absolute Gasteiger partial charge is 0.493 e. The Bertz CT molecular complexity index is 1200. The maximum atomic E-state index is 12.6. The molecule has 4 rings (SSSR count). The van der Waals surface area contributed by atoms with Gasteiger partial charge >= 0.3 is 0 Å². The summed E-state index contributed by atoms with van der Waals surface area (Å²) in [4.78, 5) is 15.5. The molecule has 3 aromatic carbocycles. The van der Waals surface area contributed by atoms with Crippen LogP contribution in [-0.4, -0.2) is 16.0 Å². The topological polar surface area (TPSA) is 87.0 Å². The van der Waals surface area contributed by atoms with E-state index in [1.165, 1.54) is 0 Å². The first-order chi connectivity index (χ1) is 14.1. The van der Waals surface area contributed by atoms with Crippen LogP contribution in [0, 0.1) is 0 Å². The van der Waals surface area contributed by atoms with E-state index < -0.39 is 5.91 Å². The first kappa shape index (κ1) is 18.9. The molecule has 0 saturated heterocycles. The third kappa shape index (κ3) is 4.20. The number of azo groups is 1. The Labute approximate surface area is 175 Å². The van der Waals surface area contributed by atoms with Gasteiger partial charge in [-0.3, -0.25) is 4.79 Å². The molecule has 0 aliphatic carbocycles. The van der Waals surface area contributed by atoms with Crippen molar-refractivity contribution in [1.29, 1.82) is 0 Å². The molecule has 7 heteroatoms. The Morgan fingerprint density at radius 1 is 1.03 bits per heavy atom. The van der Waals surface area contributed by atoms with Crippen LogP contribution in [0.5, 0.6) is 11.6 Å². The van der Waals surface area contributed by atoms with Crippen LogP contribution in [0.2, 0.25) is 0 Å². The summed E-state index contributed by atoms with van der Waals surface area (Å²) in [5.74, 6) is -0.285. The summed E-state index contributed by atoms with van der Waals surface area (Å²) in [6.07, 6.45) is 0. The second-order valence-electron chi connectivity index (χ2n) is 6.29. The van der Waals surface area contributed by atoms with Crippen LogP contribution in [0.15, 0.2) is 87.5 Å². The van der Waals surface area contributed by atoms with Crippen LogP contribution < -0.4 is 4.74 Å². The maximum Gasteiger partial charge on any atom is 0.299 e. The number of ether oxygens (including phenoxy) is 1. The van der Waals surface area contributed by atoms with Gasteiger partial charge in [-0.1, -0.05) is 58.4 Å². The second kappa shape index (κ2) is 8.28. The summed E-state index contributed by atoms with van der Waals surface area (Å²) in [7, 11) is 0. The first-order valence-corrected chi connectivity index (χ1v) is 9.63. The molecule has 0 unspecified atom stereocenters. The van der Waals surface area contributed by atoms with Crippen molar-refractivity contribution >= 4 is 38.4 Å². The van der Waals surface area contributed by atoms with E-state index in [1.54, 1.807) is 36.4 Å². The Kier molecular flexibility index (Phi) is 5.39. The number of H-pyrrole nitrogens is 1. The molecule has 1 heterocycles. The van der Waals surface area contributed by atoms with Gasteiger partial charge in [0, 0.05) is 9.86 Å². The standard InChI is InChI=1S/C22H16BrN3O3/c23-15-10-11-18-17(12-15)20(22(28)24-18)25-26-21(27)16-8-4-5-9-19(16)29-13-14-6-2-1-3-7-14/h1-12,24,28H,13H2. The average molecular weight is 450 g/mol. The molecule has 0 atom stereocenters. The van der Waals surface area contributed by atoms with Crippen molar-refractivity contribution < 1.29 is 14.6 Å². The van der Waals surface area contributed by atoms with Crippen LogP contribution in [-0.2, 0) is 6.61 Å². The second-order valence-corrected chi connectivity index (χ2v) is 7.20. The molecule has 0 saturated carbocycles. The van der Waals surface area contributed by atoms with Gasteiger partial charge < -0.3 is 14.8 Å². The minimum atomic E-state index is -0.558. The summed E-state index contributed by atoms with van der Waals surface area (Å²) < 4.78 is 6.63. The minimum absolute atomic E-state index is 0.150. The van der Waals surface area contributed by atoms with Crippen molar-refractivity contribution in [2.75, 3.05) is 0 Å². The number of carbonyl (C=O) groups is 1. The fraction of sp³-hybridized carbons (Fsp3) is 0.0455. The van der Waals surface area contributed by atoms with Crippen molar-refractivity contribution in [3.05, 3.63) is 88.4 Å². The molecular weight excluding hydrogens is 434 g/mol. The molecule has 1 amide bonds. The number of amides is 1. The fourth-order valence-corrected chi connectivity index (χ4v) is 3.25. The minimum Gasteiger partial charge on any atom is -0.493 e. The summed E-state index contributed by atoms with van der Waals surface area (Å²) in [6.45, 7) is 0.333. The Balaban J connectivity index is 1.58. The van der Waals surface area contributed by atoms with E-state index in [1.807, 2.05) is 36.4 Å². The van der Waals surface area contributed by atoms with Gasteiger partial charge in [0.1, 0.15) is 12.4 Å². The average Bonchev–Trinajstić information content (AvgIpc) is 3.05. The SMILES string of the molecule is O=C(N=Nc1c(O)[nH]c2ccc(Br)cc12)c1ccccc1OCc1ccccc1. The number of carbonyl (C=O) groups excluding carboxylic acids is 1. The van der Waals surface area contributed by atoms with E-state index in [2.05, 4.69) is 31.1 Å². The van der Waals surface area contributed by atoms with Gasteiger partial charge in [-0.15, -0.1) is 10.2 Å². The Hall–Kier alpha value is -3.45. The number of rotatable bonds is 5. The van der Waals surface area contributed by atoms with Gasteiger partial charge in [0.15, 0.2) is 5.69 Å². The number of fused-ring (bicyclic) bond motifs is 1. The molecule has 29 heavy (non-hydrogen) atoms. The van der Waals surface area contributed by atoms with Crippen molar-refractivity contribution in [3.63, 3.8) is 0 Å². The van der Waals surface area contributed by atoms with Crippen LogP contribution in [0.4, 0.5) is 5.69 Å². The van der Waals surface area contributed by atoms with Crippen LogP contribution in [0.1, 0.15) is 15.9 Å². The van der Waals surface area contributed by atoms with E-state index in [4.69, 9.17) is 4.74 Å². The number of aromatic amines is 1. The van der Waals surface area contributed by atoms with E-state index in [0.717, 1.165) is 10.0 Å². The highest BCUT2D eigenvalue weighted by molar-refractivity contribution is 9.10. The third-order valence-electron chi connectivity index (χ3n) is 4.31. The van der Waals surface area contributed by atoms with Gasteiger partial charge in [-0.2, -0.15) is 0 Å². The third-order valence-corrected chi connectivity index (χ3v) is 4.80. The molecule has 1 aromatic heterocycles. The predicted molar refractivity (Wildman–Crippen MR) is 114 cm³/mol. The highest BCUT2D eigenvalue weighted by Crippen LogP contribution is 2.37. The van der Waals surface area contributed by atoms with E-state index in [9.17, 15) is 9.90 Å². The molecule has 0 spiro atoms. The number of para-hydroxylation sites is 1. The normalized spacial score (nSPS) is 11.2. The molecule has 4 aromatic rings. The zero-order valence-corrected chi connectivity index (χ0v) is 16.8. The summed E-state index contributed by atoms with van der Waals surface area (Å²) in [5, 5.41) is 18.6. The number of nitrogens with zero attached hydrogens (tertiary/aromatic N) is 2. The molecule has 0 fully saturated rings. The first-order valence-electron chi connectivity index (χ1n) is 8.84. The number of aromatic hydroxyl groups is 1. The zero-order valence-electron chi connectivity index (χ0n) is 15.2. The number of hydrogen-bond acceptors (Lipinski definition) is 4. The lowest BCUT2D eigenvalue weighted by molar-refractivity contribution is 0.0990. The van der Waals surface area contributed by atoms with Crippen molar-refractivity contribution in [2.45, 2.75) is 6.61 Å². The molecular formula is C22H16BrN3O3. The fourth-order valence-electron chi connectivity index (χ4n) is 2.89.